The van der Waals surface area contributed by atoms with Gasteiger partial charge in [0.1, 0.15) is 11.9 Å². The summed E-state index contributed by atoms with van der Waals surface area (Å²) in [5, 5.41) is 36.6. The summed E-state index contributed by atoms with van der Waals surface area (Å²) in [6.07, 6.45) is -3.33. The van der Waals surface area contributed by atoms with E-state index in [1.807, 2.05) is 0 Å². The first-order valence-electron chi connectivity index (χ1n) is 4.58. The van der Waals surface area contributed by atoms with Gasteiger partial charge in [-0.25, -0.2) is 0 Å². The second kappa shape index (κ2) is 4.82. The van der Waals surface area contributed by atoms with Crippen LogP contribution >= 0.6 is 0 Å². The Morgan fingerprint density at radius 1 is 1.38 bits per heavy atom. The number of aliphatic carboxylic acids is 1. The molecule has 0 amide bonds. The lowest BCUT2D eigenvalue weighted by Crippen LogP contribution is -2.21. The van der Waals surface area contributed by atoms with Crippen LogP contribution in [-0.2, 0) is 4.79 Å². The van der Waals surface area contributed by atoms with Gasteiger partial charge in [0, 0.05) is 0 Å². The Labute approximate surface area is 91.6 Å². The van der Waals surface area contributed by atoms with Gasteiger partial charge in [-0.05, 0) is 17.7 Å². The highest BCUT2D eigenvalue weighted by atomic mass is 16.4. The van der Waals surface area contributed by atoms with E-state index in [0.717, 1.165) is 0 Å². The van der Waals surface area contributed by atoms with Crippen LogP contribution < -0.4 is 5.73 Å². The van der Waals surface area contributed by atoms with Crippen molar-refractivity contribution in [3.63, 3.8) is 0 Å². The fourth-order valence-corrected chi connectivity index (χ4v) is 1.27. The third-order valence-corrected chi connectivity index (χ3v) is 2.14. The van der Waals surface area contributed by atoms with Crippen LogP contribution in [0.4, 0.5) is 5.69 Å². The molecule has 2 atom stereocenters. The number of nitrogen functional groups attached to an aromatic ring is 1. The average molecular weight is 227 g/mol. The number of phenols is 1. The van der Waals surface area contributed by atoms with Gasteiger partial charge in [0.15, 0.2) is 0 Å². The molecule has 0 saturated carbocycles. The molecule has 6 heteroatoms. The Hall–Kier alpha value is -1.79. The zero-order valence-corrected chi connectivity index (χ0v) is 8.37. The SMILES string of the molecule is Nc1cc(C(O)C(O)CC(=O)O)ccc1O. The van der Waals surface area contributed by atoms with E-state index in [2.05, 4.69) is 0 Å². The number of carboxylic acids is 1. The molecule has 1 rings (SSSR count). The van der Waals surface area contributed by atoms with E-state index in [0.29, 0.717) is 0 Å². The van der Waals surface area contributed by atoms with Crippen LogP contribution in [0.1, 0.15) is 18.1 Å². The second-order valence-corrected chi connectivity index (χ2v) is 3.43. The standard InChI is InChI=1S/C10H13NO5/c11-6-3-5(1-2-7(6)12)10(16)8(13)4-9(14)15/h1-3,8,10,12-13,16H,4,11H2,(H,14,15). The fraction of sp³-hybridized carbons (Fsp3) is 0.300. The first-order chi connectivity index (χ1) is 7.41. The Morgan fingerprint density at radius 2 is 2.00 bits per heavy atom. The maximum absolute atomic E-state index is 10.3. The van der Waals surface area contributed by atoms with Crippen molar-refractivity contribution >= 4 is 11.7 Å². The van der Waals surface area contributed by atoms with Crippen LogP contribution in [0.2, 0.25) is 0 Å². The van der Waals surface area contributed by atoms with Crippen LogP contribution in [0.15, 0.2) is 18.2 Å². The predicted molar refractivity (Wildman–Crippen MR) is 55.7 cm³/mol. The monoisotopic (exact) mass is 227 g/mol. The van der Waals surface area contributed by atoms with Gasteiger partial charge in [-0.1, -0.05) is 6.07 Å². The van der Waals surface area contributed by atoms with Gasteiger partial charge in [-0.2, -0.15) is 0 Å². The summed E-state index contributed by atoms with van der Waals surface area (Å²) in [5.41, 5.74) is 5.71. The minimum atomic E-state index is -1.42. The fourth-order valence-electron chi connectivity index (χ4n) is 1.27. The summed E-state index contributed by atoms with van der Waals surface area (Å²) >= 11 is 0. The van der Waals surface area contributed by atoms with Crippen LogP contribution in [0.5, 0.6) is 5.75 Å². The maximum atomic E-state index is 10.3. The topological polar surface area (TPSA) is 124 Å². The van der Waals surface area contributed by atoms with Gasteiger partial charge in [-0.3, -0.25) is 4.79 Å². The summed E-state index contributed by atoms with van der Waals surface area (Å²) in [4.78, 5) is 10.3. The molecule has 0 saturated heterocycles. The molecule has 0 aromatic heterocycles. The van der Waals surface area contributed by atoms with Gasteiger partial charge >= 0.3 is 5.97 Å². The van der Waals surface area contributed by atoms with Crippen molar-refractivity contribution in [3.05, 3.63) is 23.8 Å². The molecule has 0 aliphatic rings. The summed E-state index contributed by atoms with van der Waals surface area (Å²) in [6, 6.07) is 3.91. The van der Waals surface area contributed by atoms with E-state index in [1.54, 1.807) is 0 Å². The Kier molecular flexibility index (Phi) is 3.70. The van der Waals surface area contributed by atoms with Gasteiger partial charge in [-0.15, -0.1) is 0 Å². The zero-order valence-electron chi connectivity index (χ0n) is 8.37. The van der Waals surface area contributed by atoms with Crippen LogP contribution in [-0.4, -0.2) is 32.5 Å². The number of aliphatic hydroxyl groups is 2. The van der Waals surface area contributed by atoms with Crippen LogP contribution in [0, 0.1) is 0 Å². The molecule has 0 heterocycles. The largest absolute Gasteiger partial charge is 0.506 e. The molecule has 0 aliphatic heterocycles. The van der Waals surface area contributed by atoms with Crippen LogP contribution in [0.3, 0.4) is 0 Å². The van der Waals surface area contributed by atoms with E-state index in [-0.39, 0.29) is 17.0 Å². The van der Waals surface area contributed by atoms with Gasteiger partial charge in [0.2, 0.25) is 0 Å². The van der Waals surface area contributed by atoms with Gasteiger partial charge < -0.3 is 26.2 Å². The number of nitrogens with two attached hydrogens (primary N) is 1. The number of hydrogen-bond acceptors (Lipinski definition) is 5. The molecule has 88 valence electrons. The van der Waals surface area contributed by atoms with Gasteiger partial charge in [0.05, 0.1) is 18.2 Å². The quantitative estimate of drug-likeness (QED) is 0.360. The van der Waals surface area contributed by atoms with Crippen molar-refractivity contribution in [2.24, 2.45) is 0 Å². The number of anilines is 1. The number of rotatable bonds is 4. The van der Waals surface area contributed by atoms with E-state index in [4.69, 9.17) is 15.9 Å². The molecule has 1 aromatic rings. The lowest BCUT2D eigenvalue weighted by Gasteiger charge is -2.17. The molecule has 6 N–H and O–H groups in total. The number of phenolic OH excluding ortho intramolecular Hbond substituents is 1. The predicted octanol–water partition coefficient (Wildman–Crippen LogP) is -0.157. The Balaban J connectivity index is 2.83. The second-order valence-electron chi connectivity index (χ2n) is 3.43. The summed E-state index contributed by atoms with van der Waals surface area (Å²) in [6.45, 7) is 0. The number of carboxylic acid groups (broad SMARTS) is 1. The van der Waals surface area contributed by atoms with E-state index in [1.165, 1.54) is 18.2 Å². The summed E-state index contributed by atoms with van der Waals surface area (Å²) < 4.78 is 0. The number of aromatic hydroxyl groups is 1. The smallest absolute Gasteiger partial charge is 0.306 e. The van der Waals surface area contributed by atoms with E-state index < -0.39 is 24.6 Å². The third kappa shape index (κ3) is 2.85. The minimum Gasteiger partial charge on any atom is -0.506 e. The van der Waals surface area contributed by atoms with E-state index in [9.17, 15) is 15.0 Å². The average Bonchev–Trinajstić information content (AvgIpc) is 2.20. The molecular formula is C10H13NO5. The van der Waals surface area contributed by atoms with Crippen LogP contribution in [0.25, 0.3) is 0 Å². The molecule has 0 bridgehead atoms. The highest BCUT2D eigenvalue weighted by Crippen LogP contribution is 2.26. The molecule has 0 spiro atoms. The Morgan fingerprint density at radius 3 is 2.50 bits per heavy atom. The first-order valence-corrected chi connectivity index (χ1v) is 4.58. The number of carbonyl (C=O) groups is 1. The highest BCUT2D eigenvalue weighted by Gasteiger charge is 2.21. The Bertz CT molecular complexity index is 393. The van der Waals surface area contributed by atoms with Crippen molar-refractivity contribution in [2.45, 2.75) is 18.6 Å². The van der Waals surface area contributed by atoms with Crippen molar-refractivity contribution in [1.29, 1.82) is 0 Å². The molecular weight excluding hydrogens is 214 g/mol. The molecule has 0 fully saturated rings. The zero-order chi connectivity index (χ0) is 12.3. The minimum absolute atomic E-state index is 0.0547. The van der Waals surface area contributed by atoms with Crippen molar-refractivity contribution < 1.29 is 25.2 Å². The van der Waals surface area contributed by atoms with Crippen molar-refractivity contribution in [3.8, 4) is 5.75 Å². The first kappa shape index (κ1) is 12.3. The lowest BCUT2D eigenvalue weighted by molar-refractivity contribution is -0.141. The normalized spacial score (nSPS) is 14.4. The molecule has 0 radical (unpaired) electrons. The van der Waals surface area contributed by atoms with Crippen molar-refractivity contribution in [2.75, 3.05) is 5.73 Å². The molecule has 1 aromatic carbocycles. The molecule has 0 aliphatic carbocycles. The van der Waals surface area contributed by atoms with Crippen molar-refractivity contribution in [1.82, 2.24) is 0 Å². The number of benzene rings is 1. The molecule has 6 nitrogen and oxygen atoms in total. The molecule has 2 unspecified atom stereocenters. The lowest BCUT2D eigenvalue weighted by atomic mass is 10.0. The molecule has 16 heavy (non-hydrogen) atoms. The van der Waals surface area contributed by atoms with Gasteiger partial charge in [0.25, 0.3) is 0 Å². The maximum Gasteiger partial charge on any atom is 0.306 e. The van der Waals surface area contributed by atoms with E-state index >= 15 is 0 Å². The number of aliphatic hydroxyl groups excluding tert-OH is 2. The third-order valence-electron chi connectivity index (χ3n) is 2.14. The number of hydrogen-bond donors (Lipinski definition) is 5. The summed E-state index contributed by atoms with van der Waals surface area (Å²) in [7, 11) is 0. The summed E-state index contributed by atoms with van der Waals surface area (Å²) in [5.74, 6) is -1.35. The highest BCUT2D eigenvalue weighted by molar-refractivity contribution is 5.67.